The van der Waals surface area contributed by atoms with Gasteiger partial charge in [-0.3, -0.25) is 14.2 Å². The topological polar surface area (TPSA) is 82.9 Å². The number of para-hydroxylation sites is 1. The first-order chi connectivity index (χ1) is 16.0. The quantitative estimate of drug-likeness (QED) is 0.389. The monoisotopic (exact) mass is 469 g/mol. The van der Waals surface area contributed by atoms with Crippen LogP contribution in [0.5, 0.6) is 11.5 Å². The van der Waals surface area contributed by atoms with Gasteiger partial charge >= 0.3 is 0 Å². The lowest BCUT2D eigenvalue weighted by atomic mass is 10.2. The van der Waals surface area contributed by atoms with E-state index in [9.17, 15) is 9.59 Å². The predicted octanol–water partition coefficient (Wildman–Crippen LogP) is 2.80. The van der Waals surface area contributed by atoms with Crippen LogP contribution >= 0.6 is 11.8 Å². The van der Waals surface area contributed by atoms with E-state index in [1.165, 1.54) is 11.8 Å². The van der Waals surface area contributed by atoms with Crippen LogP contribution in [0.4, 0.5) is 0 Å². The zero-order valence-electron chi connectivity index (χ0n) is 18.9. The van der Waals surface area contributed by atoms with Gasteiger partial charge in [0.15, 0.2) is 16.7 Å². The number of hydrogen-bond donors (Lipinski definition) is 0. The van der Waals surface area contributed by atoms with Crippen LogP contribution in [0.2, 0.25) is 0 Å². The molecule has 0 aliphatic carbocycles. The van der Waals surface area contributed by atoms with E-state index >= 15 is 0 Å². The number of carbonyl (C=O) groups excluding carboxylic acids is 1. The Balaban J connectivity index is 1.70. The second-order valence-electron chi connectivity index (χ2n) is 7.69. The summed E-state index contributed by atoms with van der Waals surface area (Å²) in [6.45, 7) is 4.38. The molecule has 0 N–H and O–H groups in total. The molecule has 174 valence electrons. The summed E-state index contributed by atoms with van der Waals surface area (Å²) in [6, 6.07) is 12.8. The van der Waals surface area contributed by atoms with Gasteiger partial charge in [-0.05, 0) is 36.8 Å². The summed E-state index contributed by atoms with van der Waals surface area (Å²) in [5.41, 5.74) is 1.32. The Kier molecular flexibility index (Phi) is 7.20. The van der Waals surface area contributed by atoms with E-state index in [0.717, 1.165) is 5.56 Å². The number of aromatic nitrogens is 2. The fourth-order valence-corrected chi connectivity index (χ4v) is 4.78. The van der Waals surface area contributed by atoms with E-state index in [-0.39, 0.29) is 18.0 Å². The highest BCUT2D eigenvalue weighted by atomic mass is 32.2. The molecule has 1 saturated heterocycles. The molecule has 0 radical (unpaired) electrons. The highest BCUT2D eigenvalue weighted by Crippen LogP contribution is 2.29. The van der Waals surface area contributed by atoms with E-state index in [1.54, 1.807) is 29.8 Å². The van der Waals surface area contributed by atoms with Crippen molar-refractivity contribution in [3.63, 3.8) is 0 Å². The van der Waals surface area contributed by atoms with E-state index in [4.69, 9.17) is 19.2 Å². The van der Waals surface area contributed by atoms with E-state index in [0.29, 0.717) is 53.9 Å². The Morgan fingerprint density at radius 3 is 2.58 bits per heavy atom. The first-order valence-corrected chi connectivity index (χ1v) is 11.6. The molecule has 1 aliphatic heterocycles. The molecule has 1 fully saturated rings. The third-order valence-corrected chi connectivity index (χ3v) is 6.65. The van der Waals surface area contributed by atoms with E-state index < -0.39 is 5.25 Å². The lowest BCUT2D eigenvalue weighted by molar-refractivity contribution is -0.134. The number of carbonyl (C=O) groups is 1. The maximum Gasteiger partial charge on any atom is 0.262 e. The van der Waals surface area contributed by atoms with Crippen molar-refractivity contribution in [1.29, 1.82) is 0 Å². The van der Waals surface area contributed by atoms with Crippen molar-refractivity contribution in [2.24, 2.45) is 0 Å². The Morgan fingerprint density at radius 2 is 1.85 bits per heavy atom. The molecular weight excluding hydrogens is 442 g/mol. The van der Waals surface area contributed by atoms with Crippen molar-refractivity contribution in [3.05, 3.63) is 58.4 Å². The molecule has 0 spiro atoms. The summed E-state index contributed by atoms with van der Waals surface area (Å²) in [6.07, 6.45) is 0. The summed E-state index contributed by atoms with van der Waals surface area (Å²) >= 11 is 1.30. The molecule has 8 nitrogen and oxygen atoms in total. The standard InChI is InChI=1S/C24H27N3O5S/c1-16(22(28)26-10-12-32-13-11-26)33-24-25-19-7-5-4-6-18(19)23(29)27(24)15-17-8-9-20(30-2)21(14-17)31-3/h4-9,14,16H,10-13,15H2,1-3H3. The highest BCUT2D eigenvalue weighted by Gasteiger charge is 2.25. The van der Waals surface area contributed by atoms with Gasteiger partial charge in [-0.2, -0.15) is 0 Å². The third-order valence-electron chi connectivity index (χ3n) is 5.57. The van der Waals surface area contributed by atoms with Crippen molar-refractivity contribution in [3.8, 4) is 11.5 Å². The number of nitrogens with zero attached hydrogens (tertiary/aromatic N) is 3. The van der Waals surface area contributed by atoms with Crippen molar-refractivity contribution in [2.75, 3.05) is 40.5 Å². The first-order valence-electron chi connectivity index (χ1n) is 10.8. The van der Waals surface area contributed by atoms with Crippen LogP contribution < -0.4 is 15.0 Å². The number of methoxy groups -OCH3 is 2. The molecule has 3 aromatic rings. The van der Waals surface area contributed by atoms with Crippen molar-refractivity contribution < 1.29 is 19.0 Å². The molecule has 2 aromatic carbocycles. The Morgan fingerprint density at radius 1 is 1.12 bits per heavy atom. The summed E-state index contributed by atoms with van der Waals surface area (Å²) in [7, 11) is 3.16. The minimum atomic E-state index is -0.396. The lowest BCUT2D eigenvalue weighted by Gasteiger charge is -2.29. The van der Waals surface area contributed by atoms with Gasteiger partial charge in [0.1, 0.15) is 0 Å². The molecule has 1 amide bonds. The summed E-state index contributed by atoms with van der Waals surface area (Å²) < 4.78 is 17.7. The first kappa shape index (κ1) is 23.1. The lowest BCUT2D eigenvalue weighted by Crippen LogP contribution is -2.44. The van der Waals surface area contributed by atoms with E-state index in [2.05, 4.69) is 0 Å². The van der Waals surface area contributed by atoms with Crippen LogP contribution in [0.1, 0.15) is 12.5 Å². The summed E-state index contributed by atoms with van der Waals surface area (Å²) in [4.78, 5) is 33.0. The van der Waals surface area contributed by atoms with Crippen LogP contribution in [0, 0.1) is 0 Å². The van der Waals surface area contributed by atoms with Gasteiger partial charge in [0, 0.05) is 13.1 Å². The van der Waals surface area contributed by atoms with Crippen LogP contribution in [0.25, 0.3) is 10.9 Å². The minimum Gasteiger partial charge on any atom is -0.493 e. The number of morpholine rings is 1. The van der Waals surface area contributed by atoms with Crippen LogP contribution in [0.15, 0.2) is 52.4 Å². The largest absolute Gasteiger partial charge is 0.493 e. The molecule has 2 heterocycles. The normalized spacial score (nSPS) is 14.8. The fourth-order valence-electron chi connectivity index (χ4n) is 3.79. The predicted molar refractivity (Wildman–Crippen MR) is 127 cm³/mol. The van der Waals surface area contributed by atoms with Crippen LogP contribution in [0.3, 0.4) is 0 Å². The molecule has 0 bridgehead atoms. The molecule has 1 unspecified atom stereocenters. The Hall–Kier alpha value is -3.04. The molecule has 1 aromatic heterocycles. The number of rotatable bonds is 7. The average molecular weight is 470 g/mol. The molecule has 1 aliphatic rings. The Labute approximate surface area is 196 Å². The SMILES string of the molecule is COc1ccc(Cn2c(SC(C)C(=O)N3CCOCC3)nc3ccccc3c2=O)cc1OC. The van der Waals surface area contributed by atoms with Gasteiger partial charge in [-0.1, -0.05) is 30.0 Å². The number of hydrogen-bond acceptors (Lipinski definition) is 7. The number of benzene rings is 2. The second kappa shape index (κ2) is 10.3. The minimum absolute atomic E-state index is 0.0170. The maximum atomic E-state index is 13.4. The van der Waals surface area contributed by atoms with Crippen molar-refractivity contribution in [2.45, 2.75) is 23.9 Å². The molecule has 0 saturated carbocycles. The molecule has 4 rings (SSSR count). The van der Waals surface area contributed by atoms with Gasteiger partial charge in [0.25, 0.3) is 5.56 Å². The molecule has 9 heteroatoms. The average Bonchev–Trinajstić information content (AvgIpc) is 2.86. The fraction of sp³-hybridized carbons (Fsp3) is 0.375. The number of amides is 1. The van der Waals surface area contributed by atoms with E-state index in [1.807, 2.05) is 43.3 Å². The Bertz CT molecular complexity index is 1210. The third kappa shape index (κ3) is 4.99. The zero-order valence-corrected chi connectivity index (χ0v) is 19.8. The van der Waals surface area contributed by atoms with Gasteiger partial charge < -0.3 is 19.1 Å². The smallest absolute Gasteiger partial charge is 0.262 e. The van der Waals surface area contributed by atoms with Gasteiger partial charge in [-0.15, -0.1) is 0 Å². The van der Waals surface area contributed by atoms with Gasteiger partial charge in [0.05, 0.1) is 50.1 Å². The van der Waals surface area contributed by atoms with Crippen LogP contribution in [-0.2, 0) is 16.1 Å². The number of thioether (sulfide) groups is 1. The zero-order chi connectivity index (χ0) is 23.4. The number of ether oxygens (including phenoxy) is 3. The molecular formula is C24H27N3O5S. The van der Waals surface area contributed by atoms with Gasteiger partial charge in [-0.25, -0.2) is 4.98 Å². The highest BCUT2D eigenvalue weighted by molar-refractivity contribution is 8.00. The van der Waals surface area contributed by atoms with Crippen LogP contribution in [-0.4, -0.2) is 66.1 Å². The number of fused-ring (bicyclic) bond motifs is 1. The van der Waals surface area contributed by atoms with Crippen molar-refractivity contribution in [1.82, 2.24) is 14.5 Å². The summed E-state index contributed by atoms with van der Waals surface area (Å²) in [5, 5.41) is 0.643. The van der Waals surface area contributed by atoms with Crippen molar-refractivity contribution >= 4 is 28.6 Å². The summed E-state index contributed by atoms with van der Waals surface area (Å²) in [5.74, 6) is 1.22. The molecule has 33 heavy (non-hydrogen) atoms. The molecule has 1 atom stereocenters. The van der Waals surface area contributed by atoms with Gasteiger partial charge in [0.2, 0.25) is 5.91 Å². The maximum absolute atomic E-state index is 13.4. The second-order valence-corrected chi connectivity index (χ2v) is 9.00.